The summed E-state index contributed by atoms with van der Waals surface area (Å²) in [6, 6.07) is 1.10. The zero-order valence-electron chi connectivity index (χ0n) is 9.78. The fraction of sp³-hybridized carbons (Fsp3) is 0.333. The van der Waals surface area contributed by atoms with E-state index in [1.165, 1.54) is 0 Å². The van der Waals surface area contributed by atoms with E-state index in [0.717, 1.165) is 6.07 Å². The first kappa shape index (κ1) is 16.7. The Morgan fingerprint density at radius 1 is 1.16 bits per heavy atom. The summed E-state index contributed by atoms with van der Waals surface area (Å²) < 4.78 is 13.7. The van der Waals surface area contributed by atoms with Crippen molar-refractivity contribution in [3.63, 3.8) is 0 Å². The Hall–Kier alpha value is -0.350. The molecule has 1 aromatic carbocycles. The summed E-state index contributed by atoms with van der Waals surface area (Å²) in [6.07, 6.45) is -1.85. The number of hydrogen-bond donors (Lipinski definition) is 0. The van der Waals surface area contributed by atoms with Crippen LogP contribution in [0.5, 0.6) is 0 Å². The van der Waals surface area contributed by atoms with E-state index in [2.05, 4.69) is 0 Å². The number of hydrogen-bond acceptors (Lipinski definition) is 2. The Labute approximate surface area is 129 Å². The molecule has 1 unspecified atom stereocenters. The van der Waals surface area contributed by atoms with E-state index in [-0.39, 0.29) is 32.1 Å². The van der Waals surface area contributed by atoms with Crippen LogP contribution in [0.4, 0.5) is 4.39 Å². The second-order valence-electron chi connectivity index (χ2n) is 3.79. The monoisotopic (exact) mass is 344 g/mol. The molecule has 2 nitrogen and oxygen atoms in total. The summed E-state index contributed by atoms with van der Waals surface area (Å²) in [5.41, 5.74) is -0.252. The molecular weight excluding hydrogens is 337 g/mol. The zero-order chi connectivity index (χ0) is 14.7. The third-order valence-electron chi connectivity index (χ3n) is 2.38. The van der Waals surface area contributed by atoms with Crippen molar-refractivity contribution in [2.45, 2.75) is 25.9 Å². The lowest BCUT2D eigenvalue weighted by Gasteiger charge is -2.10. The highest BCUT2D eigenvalue weighted by Crippen LogP contribution is 2.38. The predicted molar refractivity (Wildman–Crippen MR) is 75.6 cm³/mol. The molecule has 104 valence electrons. The minimum Gasteiger partial charge on any atom is -0.296 e. The van der Waals surface area contributed by atoms with E-state index >= 15 is 0 Å². The van der Waals surface area contributed by atoms with Crippen LogP contribution in [0, 0.1) is 0 Å². The lowest BCUT2D eigenvalue weighted by atomic mass is 10.0. The topological polar surface area (TPSA) is 34.1 Å². The molecule has 0 spiro atoms. The van der Waals surface area contributed by atoms with E-state index < -0.39 is 17.7 Å². The average Bonchev–Trinajstić information content (AvgIpc) is 2.39. The lowest BCUT2D eigenvalue weighted by molar-refractivity contribution is -0.122. The van der Waals surface area contributed by atoms with E-state index in [0.29, 0.717) is 6.42 Å². The molecule has 0 aliphatic carbocycles. The molecule has 7 heteroatoms. The maximum Gasteiger partial charge on any atom is 0.220 e. The van der Waals surface area contributed by atoms with Crippen LogP contribution in [0.15, 0.2) is 6.07 Å². The molecule has 0 fully saturated rings. The molecule has 0 aromatic heterocycles. The van der Waals surface area contributed by atoms with Crippen LogP contribution in [0.1, 0.15) is 30.1 Å². The molecule has 1 rings (SSSR count). The van der Waals surface area contributed by atoms with Crippen LogP contribution in [-0.2, 0) is 4.79 Å². The third-order valence-corrected chi connectivity index (χ3v) is 4.13. The second-order valence-corrected chi connectivity index (χ2v) is 5.33. The standard InChI is InChI=1S/C12H9Cl4FO2/c1-2-3-7(18)11(17)12(19)5-4-6(13)9(15)10(16)8(5)14/h4,11H,2-3H2,1H3. The van der Waals surface area contributed by atoms with Crippen molar-refractivity contribution in [2.75, 3.05) is 0 Å². The fourth-order valence-electron chi connectivity index (χ4n) is 1.41. The molecule has 0 bridgehead atoms. The number of ketones is 2. The van der Waals surface area contributed by atoms with Crippen LogP contribution in [0.2, 0.25) is 20.1 Å². The Bertz CT molecular complexity index is 531. The van der Waals surface area contributed by atoms with E-state index in [1.807, 2.05) is 0 Å². The second kappa shape index (κ2) is 6.89. The maximum absolute atomic E-state index is 13.7. The normalized spacial score (nSPS) is 12.3. The number of carbonyl (C=O) groups is 2. The summed E-state index contributed by atoms with van der Waals surface area (Å²) >= 11 is 23.1. The number of benzene rings is 1. The Morgan fingerprint density at radius 2 is 1.74 bits per heavy atom. The number of rotatable bonds is 5. The van der Waals surface area contributed by atoms with Gasteiger partial charge >= 0.3 is 0 Å². The van der Waals surface area contributed by atoms with Gasteiger partial charge in [0.2, 0.25) is 12.0 Å². The smallest absolute Gasteiger partial charge is 0.220 e. The predicted octanol–water partition coefficient (Wildman–Crippen LogP) is 5.19. The van der Waals surface area contributed by atoms with Gasteiger partial charge in [-0.05, 0) is 12.5 Å². The molecule has 0 saturated carbocycles. The molecule has 1 atom stereocenters. The first-order valence-electron chi connectivity index (χ1n) is 5.35. The van der Waals surface area contributed by atoms with Crippen molar-refractivity contribution >= 4 is 58.0 Å². The first-order chi connectivity index (χ1) is 8.81. The molecule has 0 aliphatic rings. The molecule has 0 aliphatic heterocycles. The van der Waals surface area contributed by atoms with Gasteiger partial charge in [-0.1, -0.05) is 53.3 Å². The van der Waals surface area contributed by atoms with Crippen molar-refractivity contribution < 1.29 is 14.0 Å². The third kappa shape index (κ3) is 3.60. The molecule has 1 aromatic rings. The molecule has 0 saturated heterocycles. The van der Waals surface area contributed by atoms with Crippen molar-refractivity contribution in [1.29, 1.82) is 0 Å². The Morgan fingerprint density at radius 3 is 2.26 bits per heavy atom. The summed E-state index contributed by atoms with van der Waals surface area (Å²) in [5.74, 6) is -1.87. The maximum atomic E-state index is 13.7. The van der Waals surface area contributed by atoms with Gasteiger partial charge in [0.15, 0.2) is 5.78 Å². The first-order valence-corrected chi connectivity index (χ1v) is 6.86. The number of alkyl halides is 1. The minimum atomic E-state index is -2.27. The van der Waals surface area contributed by atoms with Gasteiger partial charge in [-0.25, -0.2) is 4.39 Å². The van der Waals surface area contributed by atoms with Gasteiger partial charge in [-0.15, -0.1) is 0 Å². The summed E-state index contributed by atoms with van der Waals surface area (Å²) in [7, 11) is 0. The van der Waals surface area contributed by atoms with E-state index in [4.69, 9.17) is 46.4 Å². The van der Waals surface area contributed by atoms with Crippen LogP contribution >= 0.6 is 46.4 Å². The van der Waals surface area contributed by atoms with Crippen LogP contribution in [0.3, 0.4) is 0 Å². The number of carbonyl (C=O) groups excluding carboxylic acids is 2. The number of Topliss-reactive ketones (excluding diaryl/α,β-unsaturated/α-hetero) is 2. The molecule has 0 radical (unpaired) electrons. The quantitative estimate of drug-likeness (QED) is 0.318. The minimum absolute atomic E-state index is 0.0276. The van der Waals surface area contributed by atoms with Crippen molar-refractivity contribution in [2.24, 2.45) is 0 Å². The van der Waals surface area contributed by atoms with E-state index in [1.54, 1.807) is 6.92 Å². The van der Waals surface area contributed by atoms with Gasteiger partial charge in [-0.3, -0.25) is 9.59 Å². The Kier molecular flexibility index (Phi) is 6.06. The van der Waals surface area contributed by atoms with Crippen molar-refractivity contribution in [3.8, 4) is 0 Å². The van der Waals surface area contributed by atoms with Crippen LogP contribution in [-0.4, -0.2) is 17.7 Å². The van der Waals surface area contributed by atoms with Gasteiger partial charge in [0.1, 0.15) is 0 Å². The molecule has 0 amide bonds. The number of halogens is 5. The summed E-state index contributed by atoms with van der Waals surface area (Å²) in [5, 5.41) is -0.419. The molecular formula is C12H9Cl4FO2. The lowest BCUT2D eigenvalue weighted by Crippen LogP contribution is -2.26. The van der Waals surface area contributed by atoms with E-state index in [9.17, 15) is 14.0 Å². The highest BCUT2D eigenvalue weighted by Gasteiger charge is 2.29. The van der Waals surface area contributed by atoms with Crippen LogP contribution < -0.4 is 0 Å². The largest absolute Gasteiger partial charge is 0.296 e. The summed E-state index contributed by atoms with van der Waals surface area (Å²) in [6.45, 7) is 1.71. The van der Waals surface area contributed by atoms with Gasteiger partial charge in [-0.2, -0.15) is 0 Å². The van der Waals surface area contributed by atoms with Crippen LogP contribution in [0.25, 0.3) is 0 Å². The summed E-state index contributed by atoms with van der Waals surface area (Å²) in [4.78, 5) is 23.2. The van der Waals surface area contributed by atoms with Gasteiger partial charge in [0.05, 0.1) is 20.1 Å². The van der Waals surface area contributed by atoms with Gasteiger partial charge in [0.25, 0.3) is 0 Å². The van der Waals surface area contributed by atoms with Gasteiger partial charge < -0.3 is 0 Å². The fourth-order valence-corrected chi connectivity index (χ4v) is 2.30. The molecule has 19 heavy (non-hydrogen) atoms. The Balaban J connectivity index is 3.17. The highest BCUT2D eigenvalue weighted by molar-refractivity contribution is 6.52. The molecule has 0 N–H and O–H groups in total. The van der Waals surface area contributed by atoms with Crippen molar-refractivity contribution in [1.82, 2.24) is 0 Å². The SMILES string of the molecule is CCCC(=O)C(F)C(=O)c1cc(Cl)c(Cl)c(Cl)c1Cl. The zero-order valence-corrected chi connectivity index (χ0v) is 12.8. The highest BCUT2D eigenvalue weighted by atomic mass is 35.5. The van der Waals surface area contributed by atoms with Crippen molar-refractivity contribution in [3.05, 3.63) is 31.7 Å². The molecule has 0 heterocycles. The van der Waals surface area contributed by atoms with Gasteiger partial charge in [0, 0.05) is 12.0 Å². The average molecular weight is 346 g/mol.